The number of ether oxygens (including phenoxy) is 1. The summed E-state index contributed by atoms with van der Waals surface area (Å²) in [6, 6.07) is 8.12. The standard InChI is InChI=1S/C16H25NO2/c1-11(2)17(12(3)4)16(18)14(6)19-15-9-7-8-13(5)10-15/h7-12,14H,1-6H3. The highest BCUT2D eigenvalue weighted by Crippen LogP contribution is 2.16. The number of amides is 1. The predicted octanol–water partition coefficient (Wildman–Crippen LogP) is 3.41. The molecule has 19 heavy (non-hydrogen) atoms. The molecule has 0 saturated carbocycles. The van der Waals surface area contributed by atoms with Gasteiger partial charge in [0.2, 0.25) is 0 Å². The van der Waals surface area contributed by atoms with Crippen LogP contribution in [-0.4, -0.2) is 29.0 Å². The van der Waals surface area contributed by atoms with Gasteiger partial charge in [-0.2, -0.15) is 0 Å². The molecule has 1 aromatic rings. The predicted molar refractivity (Wildman–Crippen MR) is 78.4 cm³/mol. The highest BCUT2D eigenvalue weighted by Gasteiger charge is 2.26. The van der Waals surface area contributed by atoms with Crippen molar-refractivity contribution in [3.05, 3.63) is 29.8 Å². The Morgan fingerprint density at radius 1 is 1.11 bits per heavy atom. The third-order valence-corrected chi connectivity index (χ3v) is 3.02. The van der Waals surface area contributed by atoms with Gasteiger partial charge in [-0.1, -0.05) is 12.1 Å². The molecule has 0 bridgehead atoms. The molecule has 1 atom stereocenters. The molecule has 0 N–H and O–H groups in total. The molecule has 1 unspecified atom stereocenters. The average molecular weight is 263 g/mol. The Hall–Kier alpha value is -1.51. The second-order valence-corrected chi connectivity index (χ2v) is 5.51. The number of carbonyl (C=O) groups is 1. The number of carbonyl (C=O) groups excluding carboxylic acids is 1. The fourth-order valence-electron chi connectivity index (χ4n) is 2.26. The lowest BCUT2D eigenvalue weighted by Crippen LogP contribution is -2.48. The zero-order valence-corrected chi connectivity index (χ0v) is 12.8. The van der Waals surface area contributed by atoms with E-state index < -0.39 is 6.10 Å². The van der Waals surface area contributed by atoms with E-state index in [1.165, 1.54) is 0 Å². The van der Waals surface area contributed by atoms with Gasteiger partial charge in [0.05, 0.1) is 0 Å². The number of rotatable bonds is 5. The van der Waals surface area contributed by atoms with Gasteiger partial charge in [-0.3, -0.25) is 4.79 Å². The first-order valence-electron chi connectivity index (χ1n) is 6.88. The molecule has 1 aromatic carbocycles. The van der Waals surface area contributed by atoms with Crippen molar-refractivity contribution in [2.45, 2.75) is 59.7 Å². The van der Waals surface area contributed by atoms with Crippen LogP contribution in [0.15, 0.2) is 24.3 Å². The molecular weight excluding hydrogens is 238 g/mol. The van der Waals surface area contributed by atoms with Gasteiger partial charge in [-0.05, 0) is 59.2 Å². The molecule has 3 heteroatoms. The van der Waals surface area contributed by atoms with Crippen LogP contribution < -0.4 is 4.74 Å². The number of hydrogen-bond acceptors (Lipinski definition) is 2. The molecule has 0 spiro atoms. The molecule has 0 radical (unpaired) electrons. The molecule has 0 aliphatic heterocycles. The summed E-state index contributed by atoms with van der Waals surface area (Å²) in [5.74, 6) is 0.778. The minimum absolute atomic E-state index is 0.0338. The van der Waals surface area contributed by atoms with Crippen molar-refractivity contribution < 1.29 is 9.53 Å². The molecule has 3 nitrogen and oxygen atoms in total. The topological polar surface area (TPSA) is 29.5 Å². The maximum atomic E-state index is 12.4. The number of benzene rings is 1. The monoisotopic (exact) mass is 263 g/mol. The summed E-state index contributed by atoms with van der Waals surface area (Å²) in [7, 11) is 0. The molecule has 1 rings (SSSR count). The highest BCUT2D eigenvalue weighted by atomic mass is 16.5. The molecular formula is C16H25NO2. The summed E-state index contributed by atoms with van der Waals surface area (Å²) >= 11 is 0. The molecule has 0 aliphatic rings. The van der Waals surface area contributed by atoms with E-state index in [2.05, 4.69) is 0 Å². The zero-order chi connectivity index (χ0) is 14.6. The van der Waals surface area contributed by atoms with Gasteiger partial charge in [0.25, 0.3) is 5.91 Å². The van der Waals surface area contributed by atoms with Crippen LogP contribution in [0.3, 0.4) is 0 Å². The highest BCUT2D eigenvalue weighted by molar-refractivity contribution is 5.81. The largest absolute Gasteiger partial charge is 0.481 e. The second-order valence-electron chi connectivity index (χ2n) is 5.51. The minimum Gasteiger partial charge on any atom is -0.481 e. The lowest BCUT2D eigenvalue weighted by atomic mass is 10.2. The molecule has 0 saturated heterocycles. The molecule has 0 fully saturated rings. The van der Waals surface area contributed by atoms with Gasteiger partial charge in [0.15, 0.2) is 6.10 Å². The second kappa shape index (κ2) is 6.60. The quantitative estimate of drug-likeness (QED) is 0.814. The van der Waals surface area contributed by atoms with Gasteiger partial charge in [0, 0.05) is 12.1 Å². The molecule has 106 valence electrons. The molecule has 1 amide bonds. The summed E-state index contributed by atoms with van der Waals surface area (Å²) in [6.07, 6.45) is -0.466. The van der Waals surface area contributed by atoms with Crippen LogP contribution in [0, 0.1) is 6.92 Å². The van der Waals surface area contributed by atoms with Crippen molar-refractivity contribution >= 4 is 5.91 Å². The van der Waals surface area contributed by atoms with Crippen molar-refractivity contribution in [2.75, 3.05) is 0 Å². The molecule has 0 aromatic heterocycles. The van der Waals surface area contributed by atoms with Crippen LogP contribution in [0.5, 0.6) is 5.75 Å². The fraction of sp³-hybridized carbons (Fsp3) is 0.562. The van der Waals surface area contributed by atoms with Gasteiger partial charge in [-0.25, -0.2) is 0 Å². The Morgan fingerprint density at radius 2 is 1.68 bits per heavy atom. The molecule has 0 aliphatic carbocycles. The first kappa shape index (κ1) is 15.5. The maximum absolute atomic E-state index is 12.4. The Morgan fingerprint density at radius 3 is 2.16 bits per heavy atom. The van der Waals surface area contributed by atoms with E-state index in [1.807, 2.05) is 70.7 Å². The van der Waals surface area contributed by atoms with Crippen molar-refractivity contribution in [2.24, 2.45) is 0 Å². The Balaban J connectivity index is 2.76. The van der Waals surface area contributed by atoms with E-state index in [1.54, 1.807) is 0 Å². The van der Waals surface area contributed by atoms with Crippen molar-refractivity contribution in [3.8, 4) is 5.75 Å². The fourth-order valence-corrected chi connectivity index (χ4v) is 2.26. The van der Waals surface area contributed by atoms with Crippen molar-refractivity contribution in [1.82, 2.24) is 4.90 Å². The van der Waals surface area contributed by atoms with Crippen molar-refractivity contribution in [3.63, 3.8) is 0 Å². The van der Waals surface area contributed by atoms with E-state index in [0.717, 1.165) is 11.3 Å². The summed E-state index contributed by atoms with van der Waals surface area (Å²) in [6.45, 7) is 11.9. The van der Waals surface area contributed by atoms with Crippen LogP contribution in [0.1, 0.15) is 40.2 Å². The summed E-state index contributed by atoms with van der Waals surface area (Å²) in [4.78, 5) is 14.3. The lowest BCUT2D eigenvalue weighted by Gasteiger charge is -2.33. The average Bonchev–Trinajstić information content (AvgIpc) is 2.27. The minimum atomic E-state index is -0.466. The Bertz CT molecular complexity index is 419. The van der Waals surface area contributed by atoms with E-state index in [-0.39, 0.29) is 18.0 Å². The first-order chi connectivity index (χ1) is 8.82. The van der Waals surface area contributed by atoms with E-state index >= 15 is 0 Å². The molecule has 0 heterocycles. The van der Waals surface area contributed by atoms with Crippen molar-refractivity contribution in [1.29, 1.82) is 0 Å². The summed E-state index contributed by atoms with van der Waals surface area (Å²) in [5, 5.41) is 0. The summed E-state index contributed by atoms with van der Waals surface area (Å²) < 4.78 is 5.75. The maximum Gasteiger partial charge on any atom is 0.263 e. The van der Waals surface area contributed by atoms with E-state index in [4.69, 9.17) is 4.74 Å². The van der Waals surface area contributed by atoms with Crippen LogP contribution in [0.4, 0.5) is 0 Å². The van der Waals surface area contributed by atoms with E-state index in [0.29, 0.717) is 0 Å². The normalized spacial score (nSPS) is 12.6. The van der Waals surface area contributed by atoms with Crippen LogP contribution >= 0.6 is 0 Å². The number of aryl methyl sites for hydroxylation is 1. The first-order valence-corrected chi connectivity index (χ1v) is 6.88. The zero-order valence-electron chi connectivity index (χ0n) is 12.8. The van der Waals surface area contributed by atoms with Gasteiger partial charge in [0.1, 0.15) is 5.75 Å². The number of hydrogen-bond donors (Lipinski definition) is 0. The lowest BCUT2D eigenvalue weighted by molar-refractivity contribution is -0.141. The van der Waals surface area contributed by atoms with Crippen LogP contribution in [0.25, 0.3) is 0 Å². The third kappa shape index (κ3) is 4.27. The smallest absolute Gasteiger partial charge is 0.263 e. The SMILES string of the molecule is Cc1cccc(OC(C)C(=O)N(C(C)C)C(C)C)c1. The Labute approximate surface area is 116 Å². The van der Waals surface area contributed by atoms with Crippen LogP contribution in [-0.2, 0) is 4.79 Å². The Kier molecular flexibility index (Phi) is 5.40. The third-order valence-electron chi connectivity index (χ3n) is 3.02. The van der Waals surface area contributed by atoms with Gasteiger partial charge >= 0.3 is 0 Å². The van der Waals surface area contributed by atoms with Gasteiger partial charge < -0.3 is 9.64 Å². The van der Waals surface area contributed by atoms with Crippen LogP contribution in [0.2, 0.25) is 0 Å². The summed E-state index contributed by atoms with van der Waals surface area (Å²) in [5.41, 5.74) is 1.13. The van der Waals surface area contributed by atoms with Gasteiger partial charge in [-0.15, -0.1) is 0 Å². The van der Waals surface area contributed by atoms with E-state index in [9.17, 15) is 4.79 Å². The number of nitrogens with zero attached hydrogens (tertiary/aromatic N) is 1.